The maximum absolute atomic E-state index is 4.82. The summed E-state index contributed by atoms with van der Waals surface area (Å²) in [5, 5.41) is 1.10. The van der Waals surface area contributed by atoms with Gasteiger partial charge < -0.3 is 4.57 Å². The van der Waals surface area contributed by atoms with Crippen molar-refractivity contribution in [2.75, 3.05) is 5.75 Å². The molecule has 0 saturated carbocycles. The molecule has 0 unspecified atom stereocenters. The molecule has 0 amide bonds. The van der Waals surface area contributed by atoms with Crippen LogP contribution in [0, 0.1) is 0 Å². The van der Waals surface area contributed by atoms with Gasteiger partial charge in [0.15, 0.2) is 5.16 Å². The Balaban J connectivity index is 1.97. The first-order chi connectivity index (χ1) is 9.93. The van der Waals surface area contributed by atoms with Crippen LogP contribution < -0.4 is 0 Å². The van der Waals surface area contributed by atoms with Gasteiger partial charge in [-0.25, -0.2) is 4.98 Å². The van der Waals surface area contributed by atoms with E-state index in [0.717, 1.165) is 34.3 Å². The minimum Gasteiger partial charge on any atom is -0.318 e. The van der Waals surface area contributed by atoms with Gasteiger partial charge in [-0.3, -0.25) is 9.97 Å². The highest BCUT2D eigenvalue weighted by atomic mass is 32.2. The minimum atomic E-state index is 1.01. The summed E-state index contributed by atoms with van der Waals surface area (Å²) in [5.41, 5.74) is 4.47. The molecule has 1 aliphatic heterocycles. The molecule has 5 heteroatoms. The van der Waals surface area contributed by atoms with Gasteiger partial charge in [0.25, 0.3) is 0 Å². The fourth-order valence-electron chi connectivity index (χ4n) is 2.49. The van der Waals surface area contributed by atoms with E-state index in [0.29, 0.717) is 0 Å². The summed E-state index contributed by atoms with van der Waals surface area (Å²) in [6, 6.07) is 8.09. The Bertz CT molecular complexity index is 737. The summed E-state index contributed by atoms with van der Waals surface area (Å²) in [6.07, 6.45) is 7.27. The van der Waals surface area contributed by atoms with Crippen LogP contribution in [0.3, 0.4) is 0 Å². The predicted octanol–water partition coefficient (Wildman–Crippen LogP) is 3.11. The number of thioether (sulfide) groups is 1. The average molecular weight is 280 g/mol. The SMILES string of the molecule is c1cc(-c2nc3n(c2-c2ccncc2)CCS3)ccn1. The monoisotopic (exact) mass is 280 g/mol. The summed E-state index contributed by atoms with van der Waals surface area (Å²) >= 11 is 1.81. The second-order valence-electron chi connectivity index (χ2n) is 4.56. The number of pyridine rings is 2. The molecule has 3 aromatic heterocycles. The van der Waals surface area contributed by atoms with Gasteiger partial charge in [0.05, 0.1) is 11.4 Å². The van der Waals surface area contributed by atoms with Gasteiger partial charge in [0, 0.05) is 48.2 Å². The standard InChI is InChI=1S/C15H12N4S/c1-5-16-6-2-11(1)13-14(12-3-7-17-8-4-12)19-9-10-20-15(19)18-13/h1-8H,9-10H2. The molecule has 4 nitrogen and oxygen atoms in total. The molecule has 0 fully saturated rings. The number of imidazole rings is 1. The van der Waals surface area contributed by atoms with Crippen molar-refractivity contribution in [1.82, 2.24) is 19.5 Å². The van der Waals surface area contributed by atoms with Gasteiger partial charge in [-0.15, -0.1) is 0 Å². The van der Waals surface area contributed by atoms with E-state index in [-0.39, 0.29) is 0 Å². The second-order valence-corrected chi connectivity index (χ2v) is 5.63. The van der Waals surface area contributed by atoms with Crippen molar-refractivity contribution in [3.8, 4) is 22.5 Å². The number of nitrogens with zero attached hydrogens (tertiary/aromatic N) is 4. The highest BCUT2D eigenvalue weighted by Gasteiger charge is 2.23. The van der Waals surface area contributed by atoms with Crippen LogP contribution in [0.4, 0.5) is 0 Å². The number of hydrogen-bond acceptors (Lipinski definition) is 4. The first-order valence-electron chi connectivity index (χ1n) is 6.47. The largest absolute Gasteiger partial charge is 0.318 e. The number of rotatable bonds is 2. The van der Waals surface area contributed by atoms with Crippen molar-refractivity contribution in [2.45, 2.75) is 11.7 Å². The molecule has 4 heterocycles. The van der Waals surface area contributed by atoms with E-state index in [2.05, 4.69) is 14.5 Å². The lowest BCUT2D eigenvalue weighted by Crippen LogP contribution is -1.97. The van der Waals surface area contributed by atoms with E-state index in [1.54, 1.807) is 0 Å². The topological polar surface area (TPSA) is 43.6 Å². The molecule has 0 radical (unpaired) electrons. The summed E-state index contributed by atoms with van der Waals surface area (Å²) < 4.78 is 2.30. The van der Waals surface area contributed by atoms with Crippen molar-refractivity contribution in [3.63, 3.8) is 0 Å². The first-order valence-corrected chi connectivity index (χ1v) is 7.46. The molecule has 4 rings (SSSR count). The number of hydrogen-bond donors (Lipinski definition) is 0. The molecule has 3 aromatic rings. The maximum atomic E-state index is 4.82. The third-order valence-corrected chi connectivity index (χ3v) is 4.34. The maximum Gasteiger partial charge on any atom is 0.169 e. The van der Waals surface area contributed by atoms with Gasteiger partial charge in [-0.05, 0) is 24.3 Å². The van der Waals surface area contributed by atoms with Gasteiger partial charge in [-0.2, -0.15) is 0 Å². The van der Waals surface area contributed by atoms with Crippen LogP contribution in [0.1, 0.15) is 0 Å². The molecule has 0 aromatic carbocycles. The van der Waals surface area contributed by atoms with E-state index < -0.39 is 0 Å². The number of fused-ring (bicyclic) bond motifs is 1. The van der Waals surface area contributed by atoms with Gasteiger partial charge in [0.2, 0.25) is 0 Å². The Labute approximate surface area is 120 Å². The summed E-state index contributed by atoms with van der Waals surface area (Å²) in [4.78, 5) is 13.0. The Hall–Kier alpha value is -2.14. The smallest absolute Gasteiger partial charge is 0.169 e. The summed E-state index contributed by atoms with van der Waals surface area (Å²) in [5.74, 6) is 1.09. The van der Waals surface area contributed by atoms with Crippen LogP contribution in [0.5, 0.6) is 0 Å². The fraction of sp³-hybridized carbons (Fsp3) is 0.133. The van der Waals surface area contributed by atoms with E-state index in [1.165, 1.54) is 5.69 Å². The third-order valence-electron chi connectivity index (χ3n) is 3.39. The molecule has 0 bridgehead atoms. The Morgan fingerprint density at radius 2 is 1.55 bits per heavy atom. The van der Waals surface area contributed by atoms with Gasteiger partial charge in [-0.1, -0.05) is 11.8 Å². The van der Waals surface area contributed by atoms with Crippen molar-refractivity contribution in [3.05, 3.63) is 49.1 Å². The van der Waals surface area contributed by atoms with E-state index in [9.17, 15) is 0 Å². The highest BCUT2D eigenvalue weighted by Crippen LogP contribution is 2.38. The van der Waals surface area contributed by atoms with Crippen LogP contribution in [0.25, 0.3) is 22.5 Å². The van der Waals surface area contributed by atoms with Crippen molar-refractivity contribution in [1.29, 1.82) is 0 Å². The molecular weight excluding hydrogens is 268 g/mol. The van der Waals surface area contributed by atoms with E-state index in [1.807, 2.05) is 60.8 Å². The minimum absolute atomic E-state index is 1.01. The predicted molar refractivity (Wildman–Crippen MR) is 79.4 cm³/mol. The average Bonchev–Trinajstić information content (AvgIpc) is 3.09. The molecule has 20 heavy (non-hydrogen) atoms. The number of aromatic nitrogens is 4. The lowest BCUT2D eigenvalue weighted by Gasteiger charge is -2.07. The zero-order valence-electron chi connectivity index (χ0n) is 10.7. The second kappa shape index (κ2) is 4.76. The third kappa shape index (κ3) is 1.82. The lowest BCUT2D eigenvalue weighted by molar-refractivity contribution is 0.726. The molecule has 0 N–H and O–H groups in total. The quantitative estimate of drug-likeness (QED) is 0.723. The zero-order valence-corrected chi connectivity index (χ0v) is 11.5. The molecule has 0 aliphatic carbocycles. The molecular formula is C15H12N4S. The highest BCUT2D eigenvalue weighted by molar-refractivity contribution is 7.99. The van der Waals surface area contributed by atoms with E-state index in [4.69, 9.17) is 4.98 Å². The van der Waals surface area contributed by atoms with Gasteiger partial charge in [0.1, 0.15) is 0 Å². The van der Waals surface area contributed by atoms with E-state index >= 15 is 0 Å². The summed E-state index contributed by atoms with van der Waals surface area (Å²) in [6.45, 7) is 1.01. The molecule has 1 aliphatic rings. The van der Waals surface area contributed by atoms with Crippen LogP contribution in [0.15, 0.2) is 54.2 Å². The normalized spacial score (nSPS) is 13.4. The van der Waals surface area contributed by atoms with Crippen LogP contribution >= 0.6 is 11.8 Å². The Morgan fingerprint density at radius 3 is 2.25 bits per heavy atom. The molecule has 0 atom stereocenters. The van der Waals surface area contributed by atoms with Crippen molar-refractivity contribution in [2.24, 2.45) is 0 Å². The molecule has 0 saturated heterocycles. The van der Waals surface area contributed by atoms with Crippen LogP contribution in [0.2, 0.25) is 0 Å². The molecule has 0 spiro atoms. The lowest BCUT2D eigenvalue weighted by atomic mass is 10.1. The van der Waals surface area contributed by atoms with Crippen molar-refractivity contribution < 1.29 is 0 Å². The Morgan fingerprint density at radius 1 is 0.900 bits per heavy atom. The van der Waals surface area contributed by atoms with Crippen LogP contribution in [-0.2, 0) is 6.54 Å². The van der Waals surface area contributed by atoms with Crippen LogP contribution in [-0.4, -0.2) is 25.3 Å². The van der Waals surface area contributed by atoms with Gasteiger partial charge >= 0.3 is 0 Å². The fourth-order valence-corrected chi connectivity index (χ4v) is 3.44. The first kappa shape index (κ1) is 11.7. The zero-order chi connectivity index (χ0) is 13.4. The summed E-state index contributed by atoms with van der Waals surface area (Å²) in [7, 11) is 0. The van der Waals surface area contributed by atoms with Crippen molar-refractivity contribution >= 4 is 11.8 Å². The Kier molecular flexibility index (Phi) is 2.77. The molecule has 98 valence electrons.